The number of rotatable bonds is 4. The summed E-state index contributed by atoms with van der Waals surface area (Å²) in [5, 5.41) is 3.52. The molecule has 0 N–H and O–H groups in total. The van der Waals surface area contributed by atoms with Gasteiger partial charge >= 0.3 is 6.39 Å². The standard InChI is InChI=1S/C6H9N2O2/c1-2-3-9-4-6-7-5-10-8-6/h2-4H2,1H3. The maximum atomic E-state index is 5.12. The van der Waals surface area contributed by atoms with Crippen LogP contribution in [0.3, 0.4) is 0 Å². The van der Waals surface area contributed by atoms with Crippen molar-refractivity contribution in [1.29, 1.82) is 0 Å². The van der Waals surface area contributed by atoms with Crippen molar-refractivity contribution in [1.82, 2.24) is 10.1 Å². The van der Waals surface area contributed by atoms with E-state index in [0.29, 0.717) is 12.4 Å². The van der Waals surface area contributed by atoms with Gasteiger partial charge in [0.05, 0.1) is 0 Å². The lowest BCUT2D eigenvalue weighted by Crippen LogP contribution is -1.95. The second-order valence-corrected chi connectivity index (χ2v) is 1.85. The first-order valence-corrected chi connectivity index (χ1v) is 3.20. The van der Waals surface area contributed by atoms with Crippen LogP contribution in [0.1, 0.15) is 19.2 Å². The smallest absolute Gasteiger partial charge is 0.316 e. The summed E-state index contributed by atoms with van der Waals surface area (Å²) in [4.78, 5) is 3.66. The summed E-state index contributed by atoms with van der Waals surface area (Å²) in [7, 11) is 0. The Morgan fingerprint density at radius 1 is 1.70 bits per heavy atom. The topological polar surface area (TPSA) is 48.2 Å². The Hall–Kier alpha value is -0.900. The van der Waals surface area contributed by atoms with Crippen molar-refractivity contribution in [2.45, 2.75) is 20.0 Å². The minimum Gasteiger partial charge on any atom is -0.373 e. The molecule has 0 saturated heterocycles. The van der Waals surface area contributed by atoms with E-state index in [2.05, 4.69) is 21.1 Å². The van der Waals surface area contributed by atoms with Crippen LogP contribution in [0.15, 0.2) is 4.52 Å². The van der Waals surface area contributed by atoms with Gasteiger partial charge in [0.25, 0.3) is 0 Å². The minimum atomic E-state index is 0.418. The average molecular weight is 141 g/mol. The van der Waals surface area contributed by atoms with Gasteiger partial charge in [0.2, 0.25) is 0 Å². The van der Waals surface area contributed by atoms with E-state index in [1.54, 1.807) is 0 Å². The van der Waals surface area contributed by atoms with Crippen LogP contribution in [0.5, 0.6) is 0 Å². The summed E-state index contributed by atoms with van der Waals surface area (Å²) in [6.45, 7) is 3.19. The number of hydrogen-bond acceptors (Lipinski definition) is 4. The van der Waals surface area contributed by atoms with E-state index >= 15 is 0 Å². The van der Waals surface area contributed by atoms with Gasteiger partial charge in [0.1, 0.15) is 6.61 Å². The Balaban J connectivity index is 2.15. The van der Waals surface area contributed by atoms with Crippen molar-refractivity contribution in [2.75, 3.05) is 6.61 Å². The quantitative estimate of drug-likeness (QED) is 0.582. The molecule has 0 aliphatic rings. The van der Waals surface area contributed by atoms with E-state index in [-0.39, 0.29) is 0 Å². The van der Waals surface area contributed by atoms with Gasteiger partial charge in [-0.2, -0.15) is 4.98 Å². The molecule has 4 nitrogen and oxygen atoms in total. The third-order valence-corrected chi connectivity index (χ3v) is 0.946. The van der Waals surface area contributed by atoms with Gasteiger partial charge in [-0.25, -0.2) is 0 Å². The third-order valence-electron chi connectivity index (χ3n) is 0.946. The molecule has 0 atom stereocenters. The van der Waals surface area contributed by atoms with Gasteiger partial charge in [-0.05, 0) is 6.42 Å². The molecule has 1 heterocycles. The van der Waals surface area contributed by atoms with Crippen LogP contribution in [-0.4, -0.2) is 16.7 Å². The molecular weight excluding hydrogens is 132 g/mol. The van der Waals surface area contributed by atoms with E-state index in [9.17, 15) is 0 Å². The molecule has 1 rings (SSSR count). The largest absolute Gasteiger partial charge is 0.373 e. The molecule has 0 bridgehead atoms. The minimum absolute atomic E-state index is 0.418. The van der Waals surface area contributed by atoms with Crippen LogP contribution in [0, 0.1) is 6.39 Å². The van der Waals surface area contributed by atoms with E-state index < -0.39 is 0 Å². The molecule has 0 spiro atoms. The Morgan fingerprint density at radius 3 is 3.20 bits per heavy atom. The molecule has 10 heavy (non-hydrogen) atoms. The molecule has 0 aromatic carbocycles. The Morgan fingerprint density at radius 2 is 2.60 bits per heavy atom. The zero-order chi connectivity index (χ0) is 7.23. The third kappa shape index (κ3) is 2.14. The highest BCUT2D eigenvalue weighted by Gasteiger charge is 1.96. The van der Waals surface area contributed by atoms with Crippen LogP contribution >= 0.6 is 0 Å². The zero-order valence-corrected chi connectivity index (χ0v) is 5.83. The molecule has 0 unspecified atom stereocenters. The van der Waals surface area contributed by atoms with Crippen molar-refractivity contribution in [3.8, 4) is 0 Å². The highest BCUT2D eigenvalue weighted by Crippen LogP contribution is 1.91. The van der Waals surface area contributed by atoms with Crippen LogP contribution in [0.25, 0.3) is 0 Å². The summed E-state index contributed by atoms with van der Waals surface area (Å²) < 4.78 is 9.50. The van der Waals surface area contributed by atoms with Crippen molar-refractivity contribution < 1.29 is 9.26 Å². The van der Waals surface area contributed by atoms with Crippen LogP contribution in [0.2, 0.25) is 0 Å². The molecule has 0 aliphatic carbocycles. The predicted molar refractivity (Wildman–Crippen MR) is 33.1 cm³/mol. The molecule has 0 aliphatic heterocycles. The number of hydrogen-bond donors (Lipinski definition) is 0. The molecular formula is C6H9N2O2. The fourth-order valence-electron chi connectivity index (χ4n) is 0.533. The summed E-state index contributed by atoms with van der Waals surface area (Å²) in [6.07, 6.45) is 3.24. The van der Waals surface area contributed by atoms with Gasteiger partial charge < -0.3 is 9.26 Å². The Bertz CT molecular complexity index is 162. The lowest BCUT2D eigenvalue weighted by Gasteiger charge is -1.94. The van der Waals surface area contributed by atoms with Crippen molar-refractivity contribution >= 4 is 0 Å². The van der Waals surface area contributed by atoms with Crippen molar-refractivity contribution in [3.63, 3.8) is 0 Å². The summed E-state index contributed by atoms with van der Waals surface area (Å²) in [5.41, 5.74) is 0. The molecule has 1 aromatic heterocycles. The number of nitrogens with zero attached hydrogens (tertiary/aromatic N) is 2. The lowest BCUT2D eigenvalue weighted by atomic mass is 10.5. The molecule has 0 fully saturated rings. The van der Waals surface area contributed by atoms with Gasteiger partial charge in [0, 0.05) is 6.61 Å². The summed E-state index contributed by atoms with van der Waals surface area (Å²) >= 11 is 0. The maximum absolute atomic E-state index is 5.12. The Labute approximate surface area is 59.2 Å². The first kappa shape index (κ1) is 7.21. The van der Waals surface area contributed by atoms with E-state index in [0.717, 1.165) is 13.0 Å². The average Bonchev–Trinajstić information content (AvgIpc) is 2.41. The van der Waals surface area contributed by atoms with Crippen molar-refractivity contribution in [2.24, 2.45) is 0 Å². The van der Waals surface area contributed by atoms with Gasteiger partial charge in [-0.1, -0.05) is 12.1 Å². The van der Waals surface area contributed by atoms with Gasteiger partial charge in [0.15, 0.2) is 5.82 Å². The second-order valence-electron chi connectivity index (χ2n) is 1.85. The van der Waals surface area contributed by atoms with Gasteiger partial charge in [-0.15, -0.1) is 0 Å². The van der Waals surface area contributed by atoms with Gasteiger partial charge in [-0.3, -0.25) is 0 Å². The molecule has 1 radical (unpaired) electrons. The zero-order valence-electron chi connectivity index (χ0n) is 5.83. The van der Waals surface area contributed by atoms with Crippen LogP contribution in [0.4, 0.5) is 0 Å². The van der Waals surface area contributed by atoms with Crippen molar-refractivity contribution in [3.05, 3.63) is 12.2 Å². The molecule has 0 saturated carbocycles. The highest BCUT2D eigenvalue weighted by atomic mass is 16.5. The molecule has 1 aromatic rings. The molecule has 55 valence electrons. The van der Waals surface area contributed by atoms with E-state index in [1.807, 2.05) is 6.92 Å². The number of ether oxygens (including phenoxy) is 1. The summed E-state index contributed by atoms with van der Waals surface area (Å²) in [6, 6.07) is 0. The maximum Gasteiger partial charge on any atom is 0.316 e. The van der Waals surface area contributed by atoms with Crippen LogP contribution < -0.4 is 0 Å². The van der Waals surface area contributed by atoms with E-state index in [4.69, 9.17) is 4.74 Å². The lowest BCUT2D eigenvalue weighted by molar-refractivity contribution is 0.114. The monoisotopic (exact) mass is 141 g/mol. The SMILES string of the molecule is CCCOCc1n[c]on1. The highest BCUT2D eigenvalue weighted by molar-refractivity contribution is 4.71. The fourth-order valence-corrected chi connectivity index (χ4v) is 0.533. The van der Waals surface area contributed by atoms with Crippen LogP contribution in [-0.2, 0) is 11.3 Å². The normalized spacial score (nSPS) is 10.1. The first-order valence-electron chi connectivity index (χ1n) is 3.20. The Kier molecular flexibility index (Phi) is 2.89. The fraction of sp³-hybridized carbons (Fsp3) is 0.667. The van der Waals surface area contributed by atoms with E-state index in [1.165, 1.54) is 0 Å². The summed E-state index contributed by atoms with van der Waals surface area (Å²) in [5.74, 6) is 0.549. The second kappa shape index (κ2) is 4.00. The molecule has 4 heteroatoms. The number of aromatic nitrogens is 2. The first-order chi connectivity index (χ1) is 4.93. The predicted octanol–water partition coefficient (Wildman–Crippen LogP) is 0.796. The molecule has 0 amide bonds.